The molecule has 152 valence electrons. The van der Waals surface area contributed by atoms with Gasteiger partial charge < -0.3 is 19.9 Å². The van der Waals surface area contributed by atoms with Gasteiger partial charge in [-0.3, -0.25) is 14.8 Å². The van der Waals surface area contributed by atoms with Crippen molar-refractivity contribution < 1.29 is 4.74 Å². The van der Waals surface area contributed by atoms with Crippen LogP contribution in [0.5, 0.6) is 0 Å². The van der Waals surface area contributed by atoms with Gasteiger partial charge in [-0.05, 0) is 13.0 Å². The number of piperazine rings is 1. The summed E-state index contributed by atoms with van der Waals surface area (Å²) in [5.74, 6) is 1.07. The molecule has 8 heteroatoms. The first-order valence-corrected chi connectivity index (χ1v) is 10.0. The average molecular weight is 480 g/mol. The Balaban J connectivity index is 0.00000243. The Bertz CT molecular complexity index is 424. The molecule has 3 heterocycles. The van der Waals surface area contributed by atoms with Gasteiger partial charge in [-0.25, -0.2) is 0 Å². The zero-order valence-electron chi connectivity index (χ0n) is 16.5. The molecule has 0 amide bonds. The van der Waals surface area contributed by atoms with E-state index in [2.05, 4.69) is 36.8 Å². The molecule has 3 aliphatic heterocycles. The predicted octanol–water partition coefficient (Wildman–Crippen LogP) is 0.224. The van der Waals surface area contributed by atoms with Gasteiger partial charge in [0.25, 0.3) is 0 Å². The number of aliphatic imine (C=N–C) groups is 1. The van der Waals surface area contributed by atoms with Gasteiger partial charge in [0.15, 0.2) is 5.96 Å². The third-order valence-electron chi connectivity index (χ3n) is 5.86. The highest BCUT2D eigenvalue weighted by atomic mass is 127. The van der Waals surface area contributed by atoms with Crippen molar-refractivity contribution in [3.05, 3.63) is 0 Å². The van der Waals surface area contributed by atoms with Crippen LogP contribution >= 0.6 is 24.0 Å². The second kappa shape index (κ2) is 11.6. The van der Waals surface area contributed by atoms with Crippen molar-refractivity contribution in [2.75, 3.05) is 92.3 Å². The Morgan fingerprint density at radius 3 is 2.38 bits per heavy atom. The highest BCUT2D eigenvalue weighted by Gasteiger charge is 2.30. The number of morpholine rings is 1. The third kappa shape index (κ3) is 6.19. The van der Waals surface area contributed by atoms with E-state index < -0.39 is 0 Å². The number of ether oxygens (including phenoxy) is 1. The molecule has 0 aromatic carbocycles. The summed E-state index contributed by atoms with van der Waals surface area (Å²) in [6.07, 6.45) is 1.24. The van der Waals surface area contributed by atoms with E-state index >= 15 is 0 Å². The lowest BCUT2D eigenvalue weighted by atomic mass is 10.2. The molecular formula is C18H37IN6O. The van der Waals surface area contributed by atoms with Crippen LogP contribution in [0.25, 0.3) is 0 Å². The second-order valence-corrected chi connectivity index (χ2v) is 7.29. The Morgan fingerprint density at radius 2 is 1.73 bits per heavy atom. The fourth-order valence-electron chi connectivity index (χ4n) is 4.16. The summed E-state index contributed by atoms with van der Waals surface area (Å²) >= 11 is 0. The first-order chi connectivity index (χ1) is 12.3. The minimum atomic E-state index is 0. The molecule has 0 aromatic rings. The lowest BCUT2D eigenvalue weighted by Gasteiger charge is -2.34. The largest absolute Gasteiger partial charge is 0.379 e. The van der Waals surface area contributed by atoms with Crippen molar-refractivity contribution in [2.45, 2.75) is 19.4 Å². The van der Waals surface area contributed by atoms with Crippen LogP contribution in [0.1, 0.15) is 13.3 Å². The predicted molar refractivity (Wildman–Crippen MR) is 118 cm³/mol. The van der Waals surface area contributed by atoms with Crippen LogP contribution in [-0.2, 0) is 4.74 Å². The maximum absolute atomic E-state index is 5.48. The maximum Gasteiger partial charge on any atom is 0.193 e. The van der Waals surface area contributed by atoms with Gasteiger partial charge in [-0.1, -0.05) is 6.92 Å². The van der Waals surface area contributed by atoms with Gasteiger partial charge in [-0.2, -0.15) is 0 Å². The van der Waals surface area contributed by atoms with Gasteiger partial charge in [-0.15, -0.1) is 24.0 Å². The molecule has 0 bridgehead atoms. The number of likely N-dealkylation sites (N-methyl/N-ethyl adjacent to an activating group) is 1. The van der Waals surface area contributed by atoms with Gasteiger partial charge in [0.05, 0.1) is 13.2 Å². The number of nitrogens with zero attached hydrogens (tertiary/aromatic N) is 5. The molecule has 0 aromatic heterocycles. The molecule has 0 radical (unpaired) electrons. The molecule has 0 saturated carbocycles. The highest BCUT2D eigenvalue weighted by Crippen LogP contribution is 2.17. The van der Waals surface area contributed by atoms with E-state index in [1.165, 1.54) is 39.1 Å². The third-order valence-corrected chi connectivity index (χ3v) is 5.86. The van der Waals surface area contributed by atoms with Gasteiger partial charge in [0, 0.05) is 78.5 Å². The Hall–Kier alpha value is -0.160. The molecule has 3 rings (SSSR count). The number of halogens is 1. The zero-order valence-corrected chi connectivity index (χ0v) is 18.9. The van der Waals surface area contributed by atoms with Crippen molar-refractivity contribution in [1.82, 2.24) is 24.9 Å². The summed E-state index contributed by atoms with van der Waals surface area (Å²) in [6.45, 7) is 16.4. The minimum Gasteiger partial charge on any atom is -0.379 e. The van der Waals surface area contributed by atoms with Crippen molar-refractivity contribution in [2.24, 2.45) is 4.99 Å². The Morgan fingerprint density at radius 1 is 1.04 bits per heavy atom. The maximum atomic E-state index is 5.48. The molecule has 26 heavy (non-hydrogen) atoms. The summed E-state index contributed by atoms with van der Waals surface area (Å²) in [5.41, 5.74) is 0. The van der Waals surface area contributed by atoms with Gasteiger partial charge in [0.1, 0.15) is 0 Å². The van der Waals surface area contributed by atoms with Crippen LogP contribution in [0.3, 0.4) is 0 Å². The normalized spacial score (nSPS) is 26.8. The van der Waals surface area contributed by atoms with E-state index in [1.807, 2.05) is 7.05 Å². The number of nitrogens with one attached hydrogen (secondary N) is 1. The summed E-state index contributed by atoms with van der Waals surface area (Å²) in [6, 6.07) is 0.657. The topological polar surface area (TPSA) is 46.6 Å². The molecule has 0 spiro atoms. The molecule has 1 atom stereocenters. The standard InChI is InChI=1S/C18H36N6O.HI/c1-3-21-8-10-22(11-9-21)7-5-20-18(19-2)24-6-4-17(16-24)23-12-14-25-15-13-23;/h17H,3-16H2,1-2H3,(H,19,20);1H. The number of hydrogen-bond acceptors (Lipinski definition) is 5. The van der Waals surface area contributed by atoms with Crippen molar-refractivity contribution in [1.29, 1.82) is 0 Å². The fraction of sp³-hybridized carbons (Fsp3) is 0.944. The number of hydrogen-bond donors (Lipinski definition) is 1. The summed E-state index contributed by atoms with van der Waals surface area (Å²) in [4.78, 5) is 14.6. The van der Waals surface area contributed by atoms with Gasteiger partial charge in [0.2, 0.25) is 0 Å². The smallest absolute Gasteiger partial charge is 0.193 e. The van der Waals surface area contributed by atoms with E-state index in [1.54, 1.807) is 0 Å². The van der Waals surface area contributed by atoms with Crippen LogP contribution in [0.15, 0.2) is 4.99 Å². The lowest BCUT2D eigenvalue weighted by Crippen LogP contribution is -2.50. The monoisotopic (exact) mass is 480 g/mol. The van der Waals surface area contributed by atoms with E-state index in [0.29, 0.717) is 6.04 Å². The fourth-order valence-corrected chi connectivity index (χ4v) is 4.16. The Kier molecular flexibility index (Phi) is 9.90. The van der Waals surface area contributed by atoms with Crippen LogP contribution < -0.4 is 5.32 Å². The number of rotatable bonds is 5. The molecule has 3 saturated heterocycles. The van der Waals surface area contributed by atoms with E-state index in [-0.39, 0.29) is 24.0 Å². The lowest BCUT2D eigenvalue weighted by molar-refractivity contribution is 0.0195. The molecular weight excluding hydrogens is 443 g/mol. The number of guanidine groups is 1. The summed E-state index contributed by atoms with van der Waals surface area (Å²) in [7, 11) is 1.91. The van der Waals surface area contributed by atoms with E-state index in [9.17, 15) is 0 Å². The molecule has 7 nitrogen and oxygen atoms in total. The summed E-state index contributed by atoms with van der Waals surface area (Å²) in [5, 5.41) is 3.58. The van der Waals surface area contributed by atoms with Gasteiger partial charge >= 0.3 is 0 Å². The quantitative estimate of drug-likeness (QED) is 0.346. The molecule has 3 fully saturated rings. The second-order valence-electron chi connectivity index (χ2n) is 7.29. The van der Waals surface area contributed by atoms with Crippen LogP contribution in [-0.4, -0.2) is 124 Å². The molecule has 3 aliphatic rings. The van der Waals surface area contributed by atoms with E-state index in [0.717, 1.165) is 58.4 Å². The van der Waals surface area contributed by atoms with Crippen LogP contribution in [0.2, 0.25) is 0 Å². The first kappa shape index (κ1) is 22.1. The number of likely N-dealkylation sites (tertiary alicyclic amines) is 1. The molecule has 0 aliphatic carbocycles. The van der Waals surface area contributed by atoms with Crippen LogP contribution in [0.4, 0.5) is 0 Å². The first-order valence-electron chi connectivity index (χ1n) is 10.0. The SMILES string of the molecule is CCN1CCN(CCNC(=NC)N2CCC(N3CCOCC3)C2)CC1.I. The van der Waals surface area contributed by atoms with E-state index in [4.69, 9.17) is 4.74 Å². The minimum absolute atomic E-state index is 0. The Labute approximate surface area is 176 Å². The van der Waals surface area contributed by atoms with Crippen molar-refractivity contribution >= 4 is 29.9 Å². The molecule has 1 N–H and O–H groups in total. The zero-order chi connectivity index (χ0) is 17.5. The summed E-state index contributed by atoms with van der Waals surface area (Å²) < 4.78 is 5.48. The highest BCUT2D eigenvalue weighted by molar-refractivity contribution is 14.0. The van der Waals surface area contributed by atoms with Crippen molar-refractivity contribution in [3.63, 3.8) is 0 Å². The van der Waals surface area contributed by atoms with Crippen LogP contribution in [0, 0.1) is 0 Å². The average Bonchev–Trinajstić information content (AvgIpc) is 3.16. The van der Waals surface area contributed by atoms with Crippen molar-refractivity contribution in [3.8, 4) is 0 Å². The molecule has 1 unspecified atom stereocenters.